The van der Waals surface area contributed by atoms with Crippen LogP contribution in [-0.2, 0) is 10.2 Å². The first-order chi connectivity index (χ1) is 15.6. The number of rotatable bonds is 4. The van der Waals surface area contributed by atoms with Crippen LogP contribution in [0.5, 0.6) is 0 Å². The topological polar surface area (TPSA) is 63.5 Å². The van der Waals surface area contributed by atoms with E-state index in [0.29, 0.717) is 0 Å². The highest BCUT2D eigenvalue weighted by Crippen LogP contribution is 2.50. The number of carbonyl (C=O) groups is 1. The Morgan fingerprint density at radius 1 is 1.00 bits per heavy atom. The van der Waals surface area contributed by atoms with E-state index in [1.54, 1.807) is 24.3 Å². The van der Waals surface area contributed by atoms with Crippen molar-refractivity contribution in [3.8, 4) is 0 Å². The molecule has 1 atom stereocenters. The van der Waals surface area contributed by atoms with Gasteiger partial charge in [-0.05, 0) is 68.2 Å². The van der Waals surface area contributed by atoms with E-state index in [9.17, 15) is 14.9 Å². The second-order valence-corrected chi connectivity index (χ2v) is 9.56. The highest BCUT2D eigenvalue weighted by Gasteiger charge is 2.47. The molecule has 0 unspecified atom stereocenters. The zero-order chi connectivity index (χ0) is 23.8. The van der Waals surface area contributed by atoms with Gasteiger partial charge in [0.1, 0.15) is 0 Å². The lowest BCUT2D eigenvalue weighted by Crippen LogP contribution is -2.55. The SMILES string of the molecule is Cc1ccc2c(c1)[C@](C)(c1ccccc1)CC(C)(C)N2C(=O)/C=C/c1ccc([N+](=O)[O-])cc1. The summed E-state index contributed by atoms with van der Waals surface area (Å²) in [6, 6.07) is 22.9. The van der Waals surface area contributed by atoms with Crippen molar-refractivity contribution in [2.24, 2.45) is 0 Å². The molecule has 0 aromatic heterocycles. The number of nitrogens with zero attached hydrogens (tertiary/aromatic N) is 2. The van der Waals surface area contributed by atoms with Gasteiger partial charge in [-0.15, -0.1) is 0 Å². The third kappa shape index (κ3) is 4.19. The number of aryl methyl sites for hydroxylation is 1. The summed E-state index contributed by atoms with van der Waals surface area (Å²) in [7, 11) is 0. The molecule has 0 spiro atoms. The van der Waals surface area contributed by atoms with E-state index in [0.717, 1.165) is 28.8 Å². The van der Waals surface area contributed by atoms with E-state index in [1.807, 2.05) is 23.1 Å². The minimum Gasteiger partial charge on any atom is -0.303 e. The van der Waals surface area contributed by atoms with Crippen molar-refractivity contribution < 1.29 is 9.72 Å². The molecule has 33 heavy (non-hydrogen) atoms. The van der Waals surface area contributed by atoms with Crippen LogP contribution in [0.2, 0.25) is 0 Å². The fraction of sp³-hybridized carbons (Fsp3) is 0.250. The molecule has 5 nitrogen and oxygen atoms in total. The van der Waals surface area contributed by atoms with Gasteiger partial charge in [-0.3, -0.25) is 14.9 Å². The first-order valence-corrected chi connectivity index (χ1v) is 11.1. The van der Waals surface area contributed by atoms with Crippen molar-refractivity contribution in [3.05, 3.63) is 111 Å². The van der Waals surface area contributed by atoms with Gasteiger partial charge in [0, 0.05) is 34.9 Å². The fourth-order valence-corrected chi connectivity index (χ4v) is 5.08. The zero-order valence-electron chi connectivity index (χ0n) is 19.4. The fourth-order valence-electron chi connectivity index (χ4n) is 5.08. The van der Waals surface area contributed by atoms with Crippen molar-refractivity contribution in [1.29, 1.82) is 0 Å². The van der Waals surface area contributed by atoms with Crippen molar-refractivity contribution >= 4 is 23.4 Å². The molecule has 4 rings (SSSR count). The van der Waals surface area contributed by atoms with E-state index in [1.165, 1.54) is 17.7 Å². The van der Waals surface area contributed by atoms with Crippen molar-refractivity contribution in [3.63, 3.8) is 0 Å². The molecule has 0 saturated heterocycles. The van der Waals surface area contributed by atoms with Gasteiger partial charge in [0.05, 0.1) is 4.92 Å². The Labute approximate surface area is 194 Å². The molecule has 1 heterocycles. The standard InChI is InChI=1S/C28H28N2O3/c1-20-10-16-25-24(18-20)28(4,22-8-6-5-7-9-22)19-27(2,3)29(25)26(31)17-13-21-11-14-23(15-12-21)30(32)33/h5-18H,19H2,1-4H3/b17-13+/t28-/m0/s1. The summed E-state index contributed by atoms with van der Waals surface area (Å²) >= 11 is 0. The third-order valence-corrected chi connectivity index (χ3v) is 6.53. The van der Waals surface area contributed by atoms with Crippen LogP contribution in [0.15, 0.2) is 78.9 Å². The predicted octanol–water partition coefficient (Wildman–Crippen LogP) is 6.44. The van der Waals surface area contributed by atoms with Gasteiger partial charge in [-0.1, -0.05) is 55.0 Å². The summed E-state index contributed by atoms with van der Waals surface area (Å²) in [5.74, 6) is -0.112. The van der Waals surface area contributed by atoms with Gasteiger partial charge in [0.2, 0.25) is 0 Å². The second-order valence-electron chi connectivity index (χ2n) is 9.56. The van der Waals surface area contributed by atoms with E-state index < -0.39 is 10.5 Å². The van der Waals surface area contributed by atoms with Gasteiger partial charge in [-0.2, -0.15) is 0 Å². The first kappa shape index (κ1) is 22.5. The lowest BCUT2D eigenvalue weighted by atomic mass is 9.65. The predicted molar refractivity (Wildman–Crippen MR) is 132 cm³/mol. The number of hydrogen-bond donors (Lipinski definition) is 0. The number of nitro benzene ring substituents is 1. The Hall–Kier alpha value is -3.73. The quantitative estimate of drug-likeness (QED) is 0.266. The second kappa shape index (κ2) is 8.32. The van der Waals surface area contributed by atoms with E-state index >= 15 is 0 Å². The summed E-state index contributed by atoms with van der Waals surface area (Å²) in [6.45, 7) is 8.55. The van der Waals surface area contributed by atoms with Crippen molar-refractivity contribution in [2.45, 2.75) is 45.1 Å². The summed E-state index contributed by atoms with van der Waals surface area (Å²) in [5, 5.41) is 10.9. The molecule has 0 fully saturated rings. The van der Waals surface area contributed by atoms with Gasteiger partial charge < -0.3 is 4.90 Å². The van der Waals surface area contributed by atoms with E-state index in [2.05, 4.69) is 58.0 Å². The molecule has 3 aromatic carbocycles. The number of hydrogen-bond acceptors (Lipinski definition) is 3. The molecule has 0 radical (unpaired) electrons. The molecule has 1 amide bonds. The van der Waals surface area contributed by atoms with Crippen LogP contribution in [0.4, 0.5) is 11.4 Å². The average Bonchev–Trinajstić information content (AvgIpc) is 2.78. The molecule has 0 aliphatic carbocycles. The Bertz CT molecular complexity index is 1230. The maximum absolute atomic E-state index is 13.5. The molecular weight excluding hydrogens is 412 g/mol. The Kier molecular flexibility index (Phi) is 5.66. The molecule has 5 heteroatoms. The van der Waals surface area contributed by atoms with Crippen LogP contribution in [0.3, 0.4) is 0 Å². The largest absolute Gasteiger partial charge is 0.303 e. The van der Waals surface area contributed by atoms with Crippen LogP contribution in [0.25, 0.3) is 6.08 Å². The minimum absolute atomic E-state index is 0.0279. The smallest absolute Gasteiger partial charge is 0.269 e. The number of amides is 1. The number of nitro groups is 1. The molecule has 0 bridgehead atoms. The first-order valence-electron chi connectivity index (χ1n) is 11.1. The van der Waals surface area contributed by atoms with Gasteiger partial charge >= 0.3 is 0 Å². The number of fused-ring (bicyclic) bond motifs is 1. The maximum atomic E-state index is 13.5. The highest BCUT2D eigenvalue weighted by atomic mass is 16.6. The van der Waals surface area contributed by atoms with E-state index in [-0.39, 0.29) is 17.0 Å². The third-order valence-electron chi connectivity index (χ3n) is 6.53. The summed E-state index contributed by atoms with van der Waals surface area (Å²) < 4.78 is 0. The van der Waals surface area contributed by atoms with Gasteiger partial charge in [-0.25, -0.2) is 0 Å². The molecule has 168 valence electrons. The van der Waals surface area contributed by atoms with Crippen LogP contribution in [0.1, 0.15) is 49.4 Å². The normalized spacial score (nSPS) is 19.3. The van der Waals surface area contributed by atoms with Crippen LogP contribution in [0, 0.1) is 17.0 Å². The minimum atomic E-state index is -0.433. The van der Waals surface area contributed by atoms with Crippen molar-refractivity contribution in [1.82, 2.24) is 0 Å². The van der Waals surface area contributed by atoms with Crippen LogP contribution < -0.4 is 4.90 Å². The summed E-state index contributed by atoms with van der Waals surface area (Å²) in [5.41, 5.74) is 4.56. The molecule has 0 saturated carbocycles. The zero-order valence-corrected chi connectivity index (χ0v) is 19.4. The highest BCUT2D eigenvalue weighted by molar-refractivity contribution is 6.06. The lowest BCUT2D eigenvalue weighted by molar-refractivity contribution is -0.384. The summed E-state index contributed by atoms with van der Waals surface area (Å²) in [4.78, 5) is 25.8. The number of benzene rings is 3. The van der Waals surface area contributed by atoms with Crippen LogP contribution >= 0.6 is 0 Å². The molecular formula is C28H28N2O3. The Morgan fingerprint density at radius 3 is 2.30 bits per heavy atom. The summed E-state index contributed by atoms with van der Waals surface area (Å²) in [6.07, 6.45) is 4.04. The number of carbonyl (C=O) groups excluding carboxylic acids is 1. The van der Waals surface area contributed by atoms with Gasteiger partial charge in [0.15, 0.2) is 0 Å². The molecule has 3 aromatic rings. The molecule has 0 N–H and O–H groups in total. The molecule has 1 aliphatic heterocycles. The Morgan fingerprint density at radius 2 is 1.67 bits per heavy atom. The maximum Gasteiger partial charge on any atom is 0.269 e. The monoisotopic (exact) mass is 440 g/mol. The number of anilines is 1. The number of non-ortho nitro benzene ring substituents is 1. The average molecular weight is 441 g/mol. The molecule has 1 aliphatic rings. The van der Waals surface area contributed by atoms with E-state index in [4.69, 9.17) is 0 Å². The van der Waals surface area contributed by atoms with Gasteiger partial charge in [0.25, 0.3) is 11.6 Å². The lowest BCUT2D eigenvalue weighted by Gasteiger charge is -2.51. The van der Waals surface area contributed by atoms with Crippen LogP contribution in [-0.4, -0.2) is 16.4 Å². The Balaban J connectivity index is 1.74. The van der Waals surface area contributed by atoms with Crippen molar-refractivity contribution in [2.75, 3.05) is 4.90 Å².